The molecule has 2 aliphatic rings. The molecule has 2 heterocycles. The van der Waals surface area contributed by atoms with Gasteiger partial charge in [0.2, 0.25) is 5.91 Å². The van der Waals surface area contributed by atoms with Gasteiger partial charge in [-0.1, -0.05) is 31.0 Å². The lowest BCUT2D eigenvalue weighted by molar-refractivity contribution is -0.136. The van der Waals surface area contributed by atoms with Crippen molar-refractivity contribution in [3.8, 4) is 5.75 Å². The van der Waals surface area contributed by atoms with Crippen LogP contribution in [0.25, 0.3) is 0 Å². The Morgan fingerprint density at radius 2 is 1.84 bits per heavy atom. The quantitative estimate of drug-likeness (QED) is 0.719. The Bertz CT molecular complexity index is 940. The maximum absolute atomic E-state index is 12.9. The topological polar surface area (TPSA) is 76.5 Å². The Balaban J connectivity index is 1.33. The number of nitrogens with zero attached hydrogens (tertiary/aromatic N) is 3. The summed E-state index contributed by atoms with van der Waals surface area (Å²) in [5.41, 5.74) is 2.41. The molecule has 1 aromatic heterocycles. The highest BCUT2D eigenvalue weighted by atomic mass is 16.5. The predicted octanol–water partition coefficient (Wildman–Crippen LogP) is 3.33. The molecule has 0 unspecified atom stereocenters. The summed E-state index contributed by atoms with van der Waals surface area (Å²) in [7, 11) is 3.48. The number of carbonyl (C=O) groups is 2. The van der Waals surface area contributed by atoms with Crippen LogP contribution in [0.1, 0.15) is 60.1 Å². The van der Waals surface area contributed by atoms with E-state index in [9.17, 15) is 9.59 Å². The number of hydrogen-bond acceptors (Lipinski definition) is 4. The molecule has 1 N–H and O–H groups in total. The second-order valence-corrected chi connectivity index (χ2v) is 9.11. The van der Waals surface area contributed by atoms with Gasteiger partial charge in [0.25, 0.3) is 5.91 Å². The second-order valence-electron chi connectivity index (χ2n) is 9.11. The van der Waals surface area contributed by atoms with Gasteiger partial charge in [0.1, 0.15) is 5.75 Å². The first-order valence-electron chi connectivity index (χ1n) is 11.8. The zero-order valence-electron chi connectivity index (χ0n) is 19.2. The van der Waals surface area contributed by atoms with Crippen molar-refractivity contribution in [3.63, 3.8) is 0 Å². The Kier molecular flexibility index (Phi) is 7.12. The van der Waals surface area contributed by atoms with E-state index in [1.807, 2.05) is 31.3 Å². The maximum Gasteiger partial charge on any atom is 0.255 e. The number of benzene rings is 1. The van der Waals surface area contributed by atoms with Gasteiger partial charge in [-0.3, -0.25) is 14.3 Å². The molecule has 4 rings (SSSR count). The zero-order chi connectivity index (χ0) is 22.5. The van der Waals surface area contributed by atoms with Crippen molar-refractivity contribution < 1.29 is 14.3 Å². The lowest BCUT2D eigenvalue weighted by Crippen LogP contribution is -2.41. The summed E-state index contributed by atoms with van der Waals surface area (Å²) in [6.07, 6.45) is 8.99. The fourth-order valence-electron chi connectivity index (χ4n) is 5.06. The molecule has 1 aliphatic carbocycles. The highest BCUT2D eigenvalue weighted by molar-refractivity contribution is 5.95. The number of carbonyl (C=O) groups excluding carboxylic acids is 2. The molecule has 1 aliphatic heterocycles. The number of hydrogen-bond donors (Lipinski definition) is 1. The average Bonchev–Trinajstić information content (AvgIpc) is 3.48. The number of aryl methyl sites for hydroxylation is 1. The van der Waals surface area contributed by atoms with Gasteiger partial charge in [0, 0.05) is 44.4 Å². The van der Waals surface area contributed by atoms with Crippen LogP contribution in [-0.4, -0.2) is 46.7 Å². The zero-order valence-corrected chi connectivity index (χ0v) is 19.2. The maximum atomic E-state index is 12.9. The van der Waals surface area contributed by atoms with Gasteiger partial charge in [0.15, 0.2) is 0 Å². The van der Waals surface area contributed by atoms with Gasteiger partial charge >= 0.3 is 0 Å². The molecule has 7 heteroatoms. The third-order valence-electron chi connectivity index (χ3n) is 6.89. The van der Waals surface area contributed by atoms with E-state index >= 15 is 0 Å². The van der Waals surface area contributed by atoms with E-state index in [4.69, 9.17) is 4.74 Å². The number of ether oxygens (including phenoxy) is 1. The summed E-state index contributed by atoms with van der Waals surface area (Å²) in [6.45, 7) is 2.04. The highest BCUT2D eigenvalue weighted by Crippen LogP contribution is 2.29. The molecular formula is C25H34N4O3. The minimum absolute atomic E-state index is 0.118. The van der Waals surface area contributed by atoms with Gasteiger partial charge in [0.05, 0.1) is 18.4 Å². The Morgan fingerprint density at radius 1 is 1.12 bits per heavy atom. The first kappa shape index (κ1) is 22.4. The van der Waals surface area contributed by atoms with Gasteiger partial charge in [-0.15, -0.1) is 0 Å². The van der Waals surface area contributed by atoms with E-state index in [-0.39, 0.29) is 11.8 Å². The lowest BCUT2D eigenvalue weighted by Gasteiger charge is -2.33. The molecule has 1 aromatic carbocycles. The highest BCUT2D eigenvalue weighted by Gasteiger charge is 2.30. The molecular weight excluding hydrogens is 404 g/mol. The van der Waals surface area contributed by atoms with Crippen molar-refractivity contribution in [2.75, 3.05) is 20.2 Å². The lowest BCUT2D eigenvalue weighted by atomic mass is 9.90. The third-order valence-corrected chi connectivity index (χ3v) is 6.89. The Hall–Kier alpha value is -2.83. The van der Waals surface area contributed by atoms with Gasteiger partial charge in [-0.2, -0.15) is 5.10 Å². The van der Waals surface area contributed by atoms with Crippen LogP contribution in [0.15, 0.2) is 30.5 Å². The van der Waals surface area contributed by atoms with Crippen LogP contribution in [-0.2, 0) is 24.8 Å². The molecule has 0 atom stereocenters. The van der Waals surface area contributed by atoms with Crippen molar-refractivity contribution in [1.29, 1.82) is 0 Å². The number of rotatable bonds is 7. The number of nitrogens with one attached hydrogen (secondary N) is 1. The number of methoxy groups -OCH3 is 1. The minimum Gasteiger partial charge on any atom is -0.496 e. The monoisotopic (exact) mass is 438 g/mol. The van der Waals surface area contributed by atoms with E-state index in [0.717, 1.165) is 62.2 Å². The molecule has 2 amide bonds. The summed E-state index contributed by atoms with van der Waals surface area (Å²) in [5.74, 6) is 1.69. The van der Waals surface area contributed by atoms with Crippen molar-refractivity contribution in [2.24, 2.45) is 18.9 Å². The molecule has 0 bridgehead atoms. The first-order chi connectivity index (χ1) is 15.5. The van der Waals surface area contributed by atoms with Gasteiger partial charge < -0.3 is 15.0 Å². The van der Waals surface area contributed by atoms with Gasteiger partial charge in [-0.05, 0) is 44.1 Å². The molecule has 7 nitrogen and oxygen atoms in total. The summed E-state index contributed by atoms with van der Waals surface area (Å²) < 4.78 is 7.09. The SMILES string of the molecule is COc1ccccc1CNC(=O)c1cn(C)nc1CC1CCN(C(=O)C2CCCC2)CC1. The molecule has 32 heavy (non-hydrogen) atoms. The van der Waals surface area contributed by atoms with Crippen molar-refractivity contribution >= 4 is 11.8 Å². The molecule has 2 fully saturated rings. The summed E-state index contributed by atoms with van der Waals surface area (Å²) in [6, 6.07) is 7.68. The van der Waals surface area contributed by atoms with Crippen molar-refractivity contribution in [2.45, 2.75) is 51.5 Å². The Labute approximate surface area is 190 Å². The predicted molar refractivity (Wildman–Crippen MR) is 122 cm³/mol. The molecule has 0 spiro atoms. The van der Waals surface area contributed by atoms with Crippen LogP contribution in [0.3, 0.4) is 0 Å². The first-order valence-corrected chi connectivity index (χ1v) is 11.8. The number of piperidine rings is 1. The molecule has 172 valence electrons. The molecule has 1 saturated carbocycles. The van der Waals surface area contributed by atoms with E-state index in [2.05, 4.69) is 15.3 Å². The molecule has 0 radical (unpaired) electrons. The van der Waals surface area contributed by atoms with Gasteiger partial charge in [-0.25, -0.2) is 0 Å². The fourth-order valence-corrected chi connectivity index (χ4v) is 5.06. The van der Waals surface area contributed by atoms with Crippen LogP contribution < -0.4 is 10.1 Å². The standard InChI is InChI=1S/C25H34N4O3/c1-28-17-21(24(30)26-16-20-9-5-6-10-23(20)32-2)22(27-28)15-18-11-13-29(14-12-18)25(31)19-7-3-4-8-19/h5-6,9-10,17-19H,3-4,7-8,11-16H2,1-2H3,(H,26,30). The normalized spacial score (nSPS) is 17.5. The molecule has 2 aromatic rings. The number of likely N-dealkylation sites (tertiary alicyclic amines) is 1. The van der Waals surface area contributed by atoms with Crippen LogP contribution >= 0.6 is 0 Å². The van der Waals surface area contributed by atoms with Crippen molar-refractivity contribution in [1.82, 2.24) is 20.0 Å². The van der Waals surface area contributed by atoms with E-state index in [1.54, 1.807) is 18.0 Å². The number of amides is 2. The van der Waals surface area contributed by atoms with E-state index < -0.39 is 0 Å². The Morgan fingerprint density at radius 3 is 2.56 bits per heavy atom. The van der Waals surface area contributed by atoms with Crippen LogP contribution in [0.5, 0.6) is 5.75 Å². The van der Waals surface area contributed by atoms with E-state index in [1.165, 1.54) is 12.8 Å². The molecule has 1 saturated heterocycles. The van der Waals surface area contributed by atoms with Crippen LogP contribution in [0.2, 0.25) is 0 Å². The van der Waals surface area contributed by atoms with Crippen LogP contribution in [0, 0.1) is 11.8 Å². The third kappa shape index (κ3) is 5.14. The second kappa shape index (κ2) is 10.2. The van der Waals surface area contributed by atoms with Crippen LogP contribution in [0.4, 0.5) is 0 Å². The largest absolute Gasteiger partial charge is 0.496 e. The average molecular weight is 439 g/mol. The van der Waals surface area contributed by atoms with Crippen molar-refractivity contribution in [3.05, 3.63) is 47.3 Å². The summed E-state index contributed by atoms with van der Waals surface area (Å²) in [5, 5.41) is 7.59. The fraction of sp³-hybridized carbons (Fsp3) is 0.560. The number of aromatic nitrogens is 2. The van der Waals surface area contributed by atoms with E-state index in [0.29, 0.717) is 23.9 Å². The summed E-state index contributed by atoms with van der Waals surface area (Å²) >= 11 is 0. The number of para-hydroxylation sites is 1. The minimum atomic E-state index is -0.118. The smallest absolute Gasteiger partial charge is 0.255 e. The summed E-state index contributed by atoms with van der Waals surface area (Å²) in [4.78, 5) is 27.7.